The fourth-order valence-electron chi connectivity index (χ4n) is 2.20. The van der Waals surface area contributed by atoms with Gasteiger partial charge in [0, 0.05) is 0 Å². The molecule has 0 radical (unpaired) electrons. The zero-order chi connectivity index (χ0) is 9.42. The maximum atomic E-state index is 2.77. The summed E-state index contributed by atoms with van der Waals surface area (Å²) in [6.07, 6.45) is 6.25. The third kappa shape index (κ3) is 2.82. The Hall–Kier alpha value is 3.44. The predicted octanol–water partition coefficient (Wildman–Crippen LogP) is 1.35. The van der Waals surface area contributed by atoms with Crippen LogP contribution in [0.15, 0.2) is 0 Å². The molecule has 0 spiro atoms. The molecule has 2 heterocycles. The van der Waals surface area contributed by atoms with E-state index < -0.39 is 0 Å². The molecule has 0 unspecified atom stereocenters. The van der Waals surface area contributed by atoms with E-state index in [0.717, 1.165) is 7.85 Å². The first kappa shape index (κ1) is 12.9. The number of fused-ring (bicyclic) bond motifs is 2. The zero-order valence-corrected chi connectivity index (χ0v) is 17.4. The van der Waals surface area contributed by atoms with Crippen LogP contribution in [-0.4, -0.2) is 18.5 Å². The fraction of sp³-hybridized carbons (Fsp3) is 1.00. The van der Waals surface area contributed by atoms with Crippen molar-refractivity contribution in [3.63, 3.8) is 0 Å². The number of hydrogen-bond donors (Lipinski definition) is 0. The molecule has 2 saturated heterocycles. The van der Waals surface area contributed by atoms with Crippen LogP contribution in [-0.2, 0) is 0 Å². The second-order valence-electron chi connectivity index (χ2n) is 3.64. The van der Waals surface area contributed by atoms with Gasteiger partial charge < -0.3 is 0 Å². The van der Waals surface area contributed by atoms with Crippen LogP contribution >= 0.6 is 63.8 Å². The Morgan fingerprint density at radius 3 is 1.77 bits per heavy atom. The van der Waals surface area contributed by atoms with E-state index in [0.29, 0.717) is 15.0 Å². The summed E-state index contributed by atoms with van der Waals surface area (Å²) in [7, 11) is -0.120. The summed E-state index contributed by atoms with van der Waals surface area (Å²) >= 11 is 8.86. The van der Waals surface area contributed by atoms with Crippen molar-refractivity contribution in [3.05, 3.63) is 0 Å². The molecule has 4 atom stereocenters. The van der Waals surface area contributed by atoms with Crippen LogP contribution in [0.3, 0.4) is 0 Å². The minimum atomic E-state index is -0.120. The average Bonchev–Trinajstić information content (AvgIpc) is 2.14. The summed E-state index contributed by atoms with van der Waals surface area (Å²) in [5.74, 6) is 0. The third-order valence-corrected chi connectivity index (χ3v) is 35.3. The first-order valence-electron chi connectivity index (χ1n) is 4.50. The molecule has 2 bridgehead atoms. The van der Waals surface area contributed by atoms with Gasteiger partial charge in [0.2, 0.25) is 0 Å². The SMILES string of the molecule is I[I-][Se+]1[C@H]2CC[C@H](I)[C@@H]1CC[C@@H]2I. The summed E-state index contributed by atoms with van der Waals surface area (Å²) < 4.78 is 2.13. The fourth-order valence-corrected chi connectivity index (χ4v) is 43.4. The Morgan fingerprint density at radius 1 is 0.923 bits per heavy atom. The standard InChI is InChI=1S/C8H12I4Se/c9-5-1-3-7-6(10)2-4-8(5)13(7)12-11/h5-8H,1-4H2/t5-,6-,7-,8-/m0/s1. The van der Waals surface area contributed by atoms with Gasteiger partial charge >= 0.3 is 133 Å². The molecule has 0 aromatic heterocycles. The van der Waals surface area contributed by atoms with Crippen LogP contribution in [0, 0.1) is 0 Å². The Morgan fingerprint density at radius 2 is 1.38 bits per heavy atom. The van der Waals surface area contributed by atoms with E-state index in [1.54, 1.807) is 12.8 Å². The van der Waals surface area contributed by atoms with Gasteiger partial charge in [0.1, 0.15) is 0 Å². The average molecular weight is 695 g/mol. The molecule has 2 rings (SSSR count). The summed E-state index contributed by atoms with van der Waals surface area (Å²) in [5.41, 5.74) is 0. The third-order valence-electron chi connectivity index (χ3n) is 2.91. The zero-order valence-electron chi connectivity index (χ0n) is 7.06. The van der Waals surface area contributed by atoms with Crippen molar-refractivity contribution in [2.24, 2.45) is 0 Å². The van der Waals surface area contributed by atoms with Crippen LogP contribution in [0.1, 0.15) is 25.7 Å². The second kappa shape index (κ2) is 5.86. The molecule has 0 aliphatic carbocycles. The van der Waals surface area contributed by atoms with Crippen LogP contribution in [0.5, 0.6) is 0 Å². The topological polar surface area (TPSA) is 0 Å². The molecule has 2 fully saturated rings. The molecule has 0 aromatic carbocycles. The molecular formula is C8H12I4Se. The molecule has 0 N–H and O–H groups in total. The summed E-state index contributed by atoms with van der Waals surface area (Å²) in [5, 5.41) is 0. The molecule has 78 valence electrons. The summed E-state index contributed by atoms with van der Waals surface area (Å²) in [6, 6.07) is 0. The summed E-state index contributed by atoms with van der Waals surface area (Å²) in [4.78, 5) is 2.46. The molecule has 0 aromatic rings. The van der Waals surface area contributed by atoms with Crippen molar-refractivity contribution in [1.82, 2.24) is 0 Å². The summed E-state index contributed by atoms with van der Waals surface area (Å²) in [6.45, 7) is 0. The Balaban J connectivity index is 2.14. The van der Waals surface area contributed by atoms with Crippen molar-refractivity contribution in [3.8, 4) is 0 Å². The molecule has 2 aliphatic rings. The quantitative estimate of drug-likeness (QED) is 0.221. The maximum absolute atomic E-state index is 2.77. The Kier molecular flexibility index (Phi) is 5.81. The van der Waals surface area contributed by atoms with Gasteiger partial charge in [-0.1, -0.05) is 0 Å². The molecule has 13 heavy (non-hydrogen) atoms. The minimum absolute atomic E-state index is 0.120. The van der Waals surface area contributed by atoms with Gasteiger partial charge in [0.15, 0.2) is 0 Å². The Bertz CT molecular complexity index is 171. The molecule has 0 saturated carbocycles. The number of hydrogen-bond acceptors (Lipinski definition) is 0. The van der Waals surface area contributed by atoms with Crippen LogP contribution in [0.25, 0.3) is 0 Å². The van der Waals surface area contributed by atoms with E-state index in [1.165, 1.54) is 22.5 Å². The Labute approximate surface area is 130 Å². The van der Waals surface area contributed by atoms with E-state index in [9.17, 15) is 0 Å². The molecule has 0 amide bonds. The number of halogens is 4. The van der Waals surface area contributed by atoms with E-state index in [1.807, 2.05) is 0 Å². The van der Waals surface area contributed by atoms with Crippen LogP contribution < -0.4 is 15.0 Å². The van der Waals surface area contributed by atoms with Crippen LogP contribution in [0.2, 0.25) is 9.63 Å². The molecule has 5 heteroatoms. The van der Waals surface area contributed by atoms with Crippen molar-refractivity contribution >= 4 is 74.4 Å². The molecule has 0 nitrogen and oxygen atoms in total. The van der Waals surface area contributed by atoms with Gasteiger partial charge in [-0.3, -0.25) is 0 Å². The first-order chi connectivity index (χ1) is 6.24. The van der Waals surface area contributed by atoms with Gasteiger partial charge in [0.25, 0.3) is 0 Å². The molecular weight excluding hydrogens is 683 g/mol. The monoisotopic (exact) mass is 696 g/mol. The van der Waals surface area contributed by atoms with Crippen LogP contribution in [0.4, 0.5) is 0 Å². The van der Waals surface area contributed by atoms with Crippen molar-refractivity contribution in [1.29, 1.82) is 0 Å². The predicted molar refractivity (Wildman–Crippen MR) is 81.4 cm³/mol. The van der Waals surface area contributed by atoms with Gasteiger partial charge in [-0.25, -0.2) is 0 Å². The number of alkyl halides is 2. The second-order valence-corrected chi connectivity index (χ2v) is 29.6. The van der Waals surface area contributed by atoms with E-state index in [-0.39, 0.29) is 10.7 Å². The number of rotatable bonds is 1. The van der Waals surface area contributed by atoms with Gasteiger partial charge in [-0.2, -0.15) is 0 Å². The van der Waals surface area contributed by atoms with Crippen molar-refractivity contribution < 1.29 is 15.0 Å². The van der Waals surface area contributed by atoms with Crippen molar-refractivity contribution in [2.75, 3.05) is 0 Å². The van der Waals surface area contributed by atoms with E-state index in [4.69, 9.17) is 0 Å². The normalized spacial score (nSPS) is 50.8. The van der Waals surface area contributed by atoms with Gasteiger partial charge in [-0.15, -0.1) is 0 Å². The van der Waals surface area contributed by atoms with E-state index >= 15 is 0 Å². The first-order valence-corrected chi connectivity index (χ1v) is 20.5. The van der Waals surface area contributed by atoms with E-state index in [2.05, 4.69) is 63.8 Å². The van der Waals surface area contributed by atoms with Gasteiger partial charge in [-0.05, 0) is 0 Å². The van der Waals surface area contributed by atoms with Gasteiger partial charge in [0.05, 0.1) is 0 Å². The molecule has 2 aliphatic heterocycles. The van der Waals surface area contributed by atoms with Crippen molar-refractivity contribution in [2.45, 2.75) is 43.2 Å².